The molecule has 0 bridgehead atoms. The SMILES string of the molecule is NNc1ccccc1S(=O)(=O)Nc1c(F)cccc1F. The van der Waals surface area contributed by atoms with Crippen LogP contribution < -0.4 is 16.0 Å². The first-order valence-electron chi connectivity index (χ1n) is 5.48. The second-order valence-electron chi connectivity index (χ2n) is 3.84. The molecule has 0 fully saturated rings. The number of nitrogens with two attached hydrogens (primary N) is 1. The molecule has 20 heavy (non-hydrogen) atoms. The predicted octanol–water partition coefficient (Wildman–Crippen LogP) is 2.05. The van der Waals surface area contributed by atoms with Crippen LogP contribution in [0.2, 0.25) is 0 Å². The number of rotatable bonds is 4. The lowest BCUT2D eigenvalue weighted by molar-refractivity contribution is 0.583. The fraction of sp³-hybridized carbons (Fsp3) is 0. The van der Waals surface area contributed by atoms with Crippen molar-refractivity contribution in [1.82, 2.24) is 0 Å². The largest absolute Gasteiger partial charge is 0.323 e. The maximum absolute atomic E-state index is 13.5. The van der Waals surface area contributed by atoms with E-state index in [1.165, 1.54) is 18.2 Å². The minimum absolute atomic E-state index is 0.108. The third-order valence-electron chi connectivity index (χ3n) is 2.53. The molecule has 0 radical (unpaired) electrons. The van der Waals surface area contributed by atoms with Crippen LogP contribution in [0.4, 0.5) is 20.2 Å². The van der Waals surface area contributed by atoms with Crippen molar-refractivity contribution < 1.29 is 17.2 Å². The Morgan fingerprint density at radius 1 is 0.950 bits per heavy atom. The molecule has 0 heterocycles. The summed E-state index contributed by atoms with van der Waals surface area (Å²) in [5, 5.41) is 0. The molecule has 106 valence electrons. The molecule has 8 heteroatoms. The average molecular weight is 299 g/mol. The Morgan fingerprint density at radius 2 is 1.55 bits per heavy atom. The summed E-state index contributed by atoms with van der Waals surface area (Å²) >= 11 is 0. The number of halogens is 2. The molecule has 0 saturated carbocycles. The van der Waals surface area contributed by atoms with E-state index < -0.39 is 27.3 Å². The lowest BCUT2D eigenvalue weighted by Gasteiger charge is -2.12. The van der Waals surface area contributed by atoms with Crippen molar-refractivity contribution in [2.45, 2.75) is 4.90 Å². The van der Waals surface area contributed by atoms with Gasteiger partial charge in [0.2, 0.25) is 0 Å². The molecule has 0 unspecified atom stereocenters. The Hall–Kier alpha value is -2.19. The molecule has 0 amide bonds. The summed E-state index contributed by atoms with van der Waals surface area (Å²) in [6.07, 6.45) is 0. The lowest BCUT2D eigenvalue weighted by atomic mass is 10.3. The second-order valence-corrected chi connectivity index (χ2v) is 5.49. The van der Waals surface area contributed by atoms with E-state index in [0.29, 0.717) is 0 Å². The lowest BCUT2D eigenvalue weighted by Crippen LogP contribution is -2.18. The van der Waals surface area contributed by atoms with Gasteiger partial charge in [0, 0.05) is 0 Å². The fourth-order valence-corrected chi connectivity index (χ4v) is 2.85. The van der Waals surface area contributed by atoms with E-state index in [2.05, 4.69) is 5.43 Å². The van der Waals surface area contributed by atoms with Gasteiger partial charge in [-0.2, -0.15) is 0 Å². The van der Waals surface area contributed by atoms with Gasteiger partial charge in [-0.05, 0) is 24.3 Å². The standard InChI is InChI=1S/C12H11F2N3O2S/c13-8-4-3-5-9(14)12(8)17-20(18,19)11-7-2-1-6-10(11)16-15/h1-7,16-17H,15H2. The van der Waals surface area contributed by atoms with Gasteiger partial charge in [0.25, 0.3) is 10.0 Å². The van der Waals surface area contributed by atoms with Crippen molar-refractivity contribution in [2.24, 2.45) is 5.84 Å². The molecular weight excluding hydrogens is 288 g/mol. The van der Waals surface area contributed by atoms with E-state index in [1.54, 1.807) is 6.07 Å². The zero-order chi connectivity index (χ0) is 14.8. The summed E-state index contributed by atoms with van der Waals surface area (Å²) in [5.74, 6) is 3.19. The maximum Gasteiger partial charge on any atom is 0.264 e. The molecule has 0 aliphatic carbocycles. The molecule has 0 aromatic heterocycles. The van der Waals surface area contributed by atoms with Gasteiger partial charge < -0.3 is 5.43 Å². The highest BCUT2D eigenvalue weighted by Gasteiger charge is 2.21. The summed E-state index contributed by atoms with van der Waals surface area (Å²) in [6, 6.07) is 8.76. The van der Waals surface area contributed by atoms with E-state index >= 15 is 0 Å². The van der Waals surface area contributed by atoms with Gasteiger partial charge in [0.05, 0.1) is 5.69 Å². The highest BCUT2D eigenvalue weighted by atomic mass is 32.2. The Labute approximate surface area is 114 Å². The van der Waals surface area contributed by atoms with Gasteiger partial charge in [0.15, 0.2) is 0 Å². The highest BCUT2D eigenvalue weighted by molar-refractivity contribution is 7.92. The van der Waals surface area contributed by atoms with E-state index in [4.69, 9.17) is 5.84 Å². The molecule has 4 N–H and O–H groups in total. The molecular formula is C12H11F2N3O2S. The quantitative estimate of drug-likeness (QED) is 0.596. The van der Waals surface area contributed by atoms with Gasteiger partial charge in [-0.3, -0.25) is 10.6 Å². The number of hydrazine groups is 1. The molecule has 2 rings (SSSR count). The normalized spacial score (nSPS) is 11.2. The molecule has 0 aliphatic heterocycles. The zero-order valence-corrected chi connectivity index (χ0v) is 10.9. The fourth-order valence-electron chi connectivity index (χ4n) is 1.60. The number of anilines is 2. The van der Waals surface area contributed by atoms with E-state index in [0.717, 1.165) is 18.2 Å². The van der Waals surface area contributed by atoms with Crippen LogP contribution in [0.1, 0.15) is 0 Å². The Bertz CT molecular complexity index is 715. The third-order valence-corrected chi connectivity index (χ3v) is 3.94. The van der Waals surface area contributed by atoms with Crippen molar-refractivity contribution >= 4 is 21.4 Å². The summed E-state index contributed by atoms with van der Waals surface area (Å²) in [7, 11) is -4.17. The Balaban J connectivity index is 2.47. The monoisotopic (exact) mass is 299 g/mol. The van der Waals surface area contributed by atoms with Crippen LogP contribution in [-0.4, -0.2) is 8.42 Å². The van der Waals surface area contributed by atoms with Crippen LogP contribution in [0.3, 0.4) is 0 Å². The number of benzene rings is 2. The Kier molecular flexibility index (Phi) is 3.86. The smallest absolute Gasteiger partial charge is 0.264 e. The molecule has 2 aromatic carbocycles. The maximum atomic E-state index is 13.5. The number of hydrogen-bond donors (Lipinski definition) is 3. The number of para-hydroxylation sites is 2. The first-order chi connectivity index (χ1) is 9.45. The van der Waals surface area contributed by atoms with Crippen LogP contribution in [0.5, 0.6) is 0 Å². The van der Waals surface area contributed by atoms with Crippen LogP contribution in [0, 0.1) is 11.6 Å². The van der Waals surface area contributed by atoms with Crippen molar-refractivity contribution in [3.05, 3.63) is 54.1 Å². The second kappa shape index (κ2) is 5.43. The average Bonchev–Trinajstić information content (AvgIpc) is 2.43. The first-order valence-corrected chi connectivity index (χ1v) is 6.96. The van der Waals surface area contributed by atoms with Gasteiger partial charge in [-0.15, -0.1) is 0 Å². The number of nitrogen functional groups attached to an aromatic ring is 1. The van der Waals surface area contributed by atoms with Crippen LogP contribution >= 0.6 is 0 Å². The molecule has 0 spiro atoms. The first kappa shape index (κ1) is 14.2. The van der Waals surface area contributed by atoms with E-state index in [-0.39, 0.29) is 10.6 Å². The third kappa shape index (κ3) is 2.70. The molecule has 0 atom stereocenters. The van der Waals surface area contributed by atoms with Crippen LogP contribution in [0.15, 0.2) is 47.4 Å². The number of hydrogen-bond acceptors (Lipinski definition) is 4. The van der Waals surface area contributed by atoms with Gasteiger partial charge >= 0.3 is 0 Å². The molecule has 0 saturated heterocycles. The van der Waals surface area contributed by atoms with E-state index in [1.807, 2.05) is 4.72 Å². The van der Waals surface area contributed by atoms with Crippen molar-refractivity contribution in [3.63, 3.8) is 0 Å². The summed E-state index contributed by atoms with van der Waals surface area (Å²) in [4.78, 5) is -0.217. The predicted molar refractivity (Wildman–Crippen MR) is 71.4 cm³/mol. The minimum Gasteiger partial charge on any atom is -0.323 e. The number of nitrogens with one attached hydrogen (secondary N) is 2. The molecule has 0 aliphatic rings. The van der Waals surface area contributed by atoms with E-state index in [9.17, 15) is 17.2 Å². The zero-order valence-electron chi connectivity index (χ0n) is 10.1. The molecule has 5 nitrogen and oxygen atoms in total. The summed E-state index contributed by atoms with van der Waals surface area (Å²) in [6.45, 7) is 0. The Morgan fingerprint density at radius 3 is 2.15 bits per heavy atom. The topological polar surface area (TPSA) is 84.2 Å². The summed E-state index contributed by atoms with van der Waals surface area (Å²) < 4.78 is 53.1. The van der Waals surface area contributed by atoms with Crippen molar-refractivity contribution in [1.29, 1.82) is 0 Å². The van der Waals surface area contributed by atoms with Crippen molar-refractivity contribution in [2.75, 3.05) is 10.1 Å². The van der Waals surface area contributed by atoms with Gasteiger partial charge in [-0.25, -0.2) is 17.2 Å². The van der Waals surface area contributed by atoms with Crippen molar-refractivity contribution in [3.8, 4) is 0 Å². The minimum atomic E-state index is -4.17. The highest BCUT2D eigenvalue weighted by Crippen LogP contribution is 2.25. The van der Waals surface area contributed by atoms with Gasteiger partial charge in [-0.1, -0.05) is 18.2 Å². The van der Waals surface area contributed by atoms with Crippen LogP contribution in [0.25, 0.3) is 0 Å². The van der Waals surface area contributed by atoms with Gasteiger partial charge in [0.1, 0.15) is 22.2 Å². The number of sulfonamides is 1. The molecule has 2 aromatic rings. The summed E-state index contributed by atoms with van der Waals surface area (Å²) in [5.41, 5.74) is 1.58. The van der Waals surface area contributed by atoms with Crippen LogP contribution in [-0.2, 0) is 10.0 Å².